The van der Waals surface area contributed by atoms with Crippen molar-refractivity contribution in [3.8, 4) is 6.07 Å². The third kappa shape index (κ3) is 3.52. The van der Waals surface area contributed by atoms with Crippen LogP contribution in [0.2, 0.25) is 0 Å². The number of nitrogens with one attached hydrogen (secondary N) is 2. The summed E-state index contributed by atoms with van der Waals surface area (Å²) < 4.78 is 0.953. The second-order valence-corrected chi connectivity index (χ2v) is 7.03. The summed E-state index contributed by atoms with van der Waals surface area (Å²) in [6, 6.07) is 9.75. The van der Waals surface area contributed by atoms with E-state index in [0.29, 0.717) is 10.9 Å². The molecule has 0 fully saturated rings. The number of nitrogens with zero attached hydrogens (tertiary/aromatic N) is 3. The van der Waals surface area contributed by atoms with Crippen LogP contribution < -0.4 is 5.32 Å². The van der Waals surface area contributed by atoms with E-state index >= 15 is 0 Å². The second kappa shape index (κ2) is 6.81. The molecule has 116 valence electrons. The third-order valence-corrected chi connectivity index (χ3v) is 5.45. The summed E-state index contributed by atoms with van der Waals surface area (Å²) in [6.45, 7) is 1.87. The Kier molecular flexibility index (Phi) is 4.60. The topological polar surface area (TPSA) is 94.5 Å². The number of H-pyrrole nitrogens is 1. The second-order valence-electron chi connectivity index (χ2n) is 4.78. The maximum atomic E-state index is 12.2. The number of aryl methyl sites for hydroxylation is 1. The molecule has 0 atom stereocenters. The molecule has 0 radical (unpaired) electrons. The van der Waals surface area contributed by atoms with E-state index in [2.05, 4.69) is 26.6 Å². The summed E-state index contributed by atoms with van der Waals surface area (Å²) in [4.78, 5) is 16.5. The van der Waals surface area contributed by atoms with Gasteiger partial charge in [0.05, 0.1) is 39.4 Å². The van der Waals surface area contributed by atoms with Crippen LogP contribution in [0, 0.1) is 18.3 Å². The minimum Gasteiger partial charge on any atom is -0.302 e. The molecule has 0 spiro atoms. The molecule has 0 saturated heterocycles. The first-order valence-corrected chi connectivity index (χ1v) is 8.66. The van der Waals surface area contributed by atoms with Gasteiger partial charge in [0.15, 0.2) is 5.13 Å². The molecule has 1 amide bonds. The first-order valence-electron chi connectivity index (χ1n) is 6.86. The Morgan fingerprint density at radius 3 is 3.13 bits per heavy atom. The van der Waals surface area contributed by atoms with Crippen LogP contribution in [0.4, 0.5) is 5.13 Å². The number of nitriles is 1. The van der Waals surface area contributed by atoms with Gasteiger partial charge < -0.3 is 5.32 Å². The highest BCUT2D eigenvalue weighted by molar-refractivity contribution is 8.01. The molecule has 0 saturated carbocycles. The smallest absolute Gasteiger partial charge is 0.232 e. The van der Waals surface area contributed by atoms with Gasteiger partial charge in [-0.25, -0.2) is 4.98 Å². The summed E-state index contributed by atoms with van der Waals surface area (Å²) >= 11 is 2.82. The van der Waals surface area contributed by atoms with Gasteiger partial charge in [-0.05, 0) is 13.0 Å². The van der Waals surface area contributed by atoms with Crippen LogP contribution in [0.25, 0.3) is 10.9 Å². The number of hydrogen-bond acceptors (Lipinski definition) is 6. The average Bonchev–Trinajstić information content (AvgIpc) is 3.09. The van der Waals surface area contributed by atoms with Crippen LogP contribution in [0.3, 0.4) is 0 Å². The lowest BCUT2D eigenvalue weighted by Crippen LogP contribution is -2.14. The highest BCUT2D eigenvalue weighted by Gasteiger charge is 2.13. The van der Waals surface area contributed by atoms with Crippen molar-refractivity contribution in [3.63, 3.8) is 0 Å². The summed E-state index contributed by atoms with van der Waals surface area (Å²) in [5, 5.41) is 20.0. The molecule has 2 aromatic heterocycles. The molecule has 0 aliphatic heterocycles. The maximum Gasteiger partial charge on any atom is 0.232 e. The van der Waals surface area contributed by atoms with Crippen molar-refractivity contribution in [2.45, 2.75) is 17.6 Å². The molecule has 0 aliphatic rings. The van der Waals surface area contributed by atoms with Crippen molar-refractivity contribution in [1.82, 2.24) is 15.2 Å². The van der Waals surface area contributed by atoms with Gasteiger partial charge in [-0.1, -0.05) is 41.3 Å². The fourth-order valence-corrected chi connectivity index (χ4v) is 3.96. The van der Waals surface area contributed by atoms with E-state index in [-0.39, 0.29) is 12.3 Å². The molecular weight excluding hydrogens is 330 g/mol. The molecule has 8 heteroatoms. The number of para-hydroxylation sites is 1. The van der Waals surface area contributed by atoms with E-state index in [4.69, 9.17) is 5.26 Å². The van der Waals surface area contributed by atoms with Gasteiger partial charge in [0.2, 0.25) is 5.91 Å². The number of amides is 1. The number of aromatic amines is 1. The molecule has 6 nitrogen and oxygen atoms in total. The Balaban J connectivity index is 1.69. The number of rotatable bonds is 5. The Morgan fingerprint density at radius 1 is 1.48 bits per heavy atom. The quantitative estimate of drug-likeness (QED) is 0.694. The minimum atomic E-state index is -0.148. The van der Waals surface area contributed by atoms with Gasteiger partial charge in [-0.2, -0.15) is 10.4 Å². The number of anilines is 1. The number of aromatic nitrogens is 3. The van der Waals surface area contributed by atoms with Crippen molar-refractivity contribution in [1.29, 1.82) is 5.26 Å². The molecule has 2 N–H and O–H groups in total. The van der Waals surface area contributed by atoms with Crippen molar-refractivity contribution in [2.75, 3.05) is 11.1 Å². The third-order valence-electron chi connectivity index (χ3n) is 3.15. The molecule has 0 bridgehead atoms. The molecule has 2 heterocycles. The first-order chi connectivity index (χ1) is 11.2. The lowest BCUT2D eigenvalue weighted by molar-refractivity contribution is -0.115. The molecule has 23 heavy (non-hydrogen) atoms. The van der Waals surface area contributed by atoms with Gasteiger partial charge in [0.1, 0.15) is 0 Å². The molecule has 0 aliphatic carbocycles. The van der Waals surface area contributed by atoms with Gasteiger partial charge in [-0.15, -0.1) is 0 Å². The molecular formula is C15H13N5OS2. The van der Waals surface area contributed by atoms with Gasteiger partial charge in [-0.3, -0.25) is 9.89 Å². The Bertz CT molecular complexity index is 893. The summed E-state index contributed by atoms with van der Waals surface area (Å²) in [6.07, 6.45) is 0.208. The first kappa shape index (κ1) is 15.5. The van der Waals surface area contributed by atoms with E-state index in [1.807, 2.05) is 31.2 Å². The molecule has 1 aromatic carbocycles. The summed E-state index contributed by atoms with van der Waals surface area (Å²) in [5.74, 6) is 0.223. The number of carbonyl (C=O) groups excluding carboxylic acids is 1. The van der Waals surface area contributed by atoms with E-state index in [0.717, 1.165) is 26.5 Å². The van der Waals surface area contributed by atoms with Crippen LogP contribution in [0.1, 0.15) is 11.4 Å². The van der Waals surface area contributed by atoms with Crippen LogP contribution in [-0.4, -0.2) is 26.8 Å². The number of thiazole rings is 1. The van der Waals surface area contributed by atoms with Crippen LogP contribution in [0.5, 0.6) is 0 Å². The van der Waals surface area contributed by atoms with Gasteiger partial charge in [0, 0.05) is 5.39 Å². The zero-order chi connectivity index (χ0) is 16.2. The Morgan fingerprint density at radius 2 is 2.30 bits per heavy atom. The van der Waals surface area contributed by atoms with Crippen LogP contribution in [0.15, 0.2) is 28.5 Å². The van der Waals surface area contributed by atoms with Crippen molar-refractivity contribution in [2.24, 2.45) is 0 Å². The molecule has 3 rings (SSSR count). The minimum absolute atomic E-state index is 0.148. The van der Waals surface area contributed by atoms with Crippen LogP contribution in [-0.2, 0) is 11.2 Å². The SMILES string of the molecule is Cc1nc(NC(=O)Cc2[nH]nc3ccccc23)sc1SCC#N. The largest absolute Gasteiger partial charge is 0.302 e. The van der Waals surface area contributed by atoms with Crippen molar-refractivity contribution < 1.29 is 4.79 Å². The predicted octanol–water partition coefficient (Wildman–Crippen LogP) is 3.12. The highest BCUT2D eigenvalue weighted by Crippen LogP contribution is 2.31. The zero-order valence-corrected chi connectivity index (χ0v) is 13.9. The Labute approximate surface area is 140 Å². The lowest BCUT2D eigenvalue weighted by atomic mass is 10.1. The molecule has 0 unspecified atom stereocenters. The highest BCUT2D eigenvalue weighted by atomic mass is 32.2. The Hall–Kier alpha value is -2.37. The fourth-order valence-electron chi connectivity index (χ4n) is 2.14. The van der Waals surface area contributed by atoms with Crippen molar-refractivity contribution in [3.05, 3.63) is 35.7 Å². The molecule has 3 aromatic rings. The monoisotopic (exact) mass is 343 g/mol. The number of carbonyl (C=O) groups is 1. The van der Waals surface area contributed by atoms with E-state index in [9.17, 15) is 4.79 Å². The zero-order valence-electron chi connectivity index (χ0n) is 12.3. The summed E-state index contributed by atoms with van der Waals surface area (Å²) in [7, 11) is 0. The number of fused-ring (bicyclic) bond motifs is 1. The van der Waals surface area contributed by atoms with Crippen molar-refractivity contribution >= 4 is 45.0 Å². The average molecular weight is 343 g/mol. The van der Waals surface area contributed by atoms with E-state index in [1.54, 1.807) is 0 Å². The normalized spacial score (nSPS) is 10.6. The fraction of sp³-hybridized carbons (Fsp3) is 0.200. The summed E-state index contributed by atoms with van der Waals surface area (Å²) in [5.41, 5.74) is 2.46. The van der Waals surface area contributed by atoms with Gasteiger partial charge in [0.25, 0.3) is 0 Å². The van der Waals surface area contributed by atoms with Gasteiger partial charge >= 0.3 is 0 Å². The number of thioether (sulfide) groups is 1. The van der Waals surface area contributed by atoms with E-state index in [1.165, 1.54) is 23.1 Å². The predicted molar refractivity (Wildman–Crippen MR) is 91.6 cm³/mol. The number of hydrogen-bond donors (Lipinski definition) is 2. The number of benzene rings is 1. The lowest BCUT2D eigenvalue weighted by Gasteiger charge is -2.00. The maximum absolute atomic E-state index is 12.2. The van der Waals surface area contributed by atoms with E-state index < -0.39 is 0 Å². The standard InChI is InChI=1S/C15H13N5OS2/c1-9-14(22-7-6-16)23-15(17-9)18-13(21)8-12-10-4-2-3-5-11(10)19-20-12/h2-5H,7-8H2,1H3,(H,19,20)(H,17,18,21). The van der Waals surface area contributed by atoms with Crippen LogP contribution >= 0.6 is 23.1 Å².